The van der Waals surface area contributed by atoms with Crippen molar-refractivity contribution in [2.75, 3.05) is 19.8 Å². The van der Waals surface area contributed by atoms with Crippen LogP contribution in [-0.2, 0) is 4.79 Å². The van der Waals surface area contributed by atoms with Gasteiger partial charge in [-0.25, -0.2) is 0 Å². The topological polar surface area (TPSA) is 88.0 Å². The first-order chi connectivity index (χ1) is 8.74. The zero-order valence-corrected chi connectivity index (χ0v) is 9.70. The first-order valence-corrected chi connectivity index (χ1v) is 5.65. The lowest BCUT2D eigenvalue weighted by Crippen LogP contribution is -2.49. The highest BCUT2D eigenvalue weighted by Gasteiger charge is 2.28. The van der Waals surface area contributed by atoms with Crippen molar-refractivity contribution in [3.63, 3.8) is 0 Å². The Labute approximate surface area is 104 Å². The minimum absolute atomic E-state index is 0.104. The average molecular weight is 253 g/mol. The normalized spacial score (nSPS) is 17.6. The van der Waals surface area contributed by atoms with Crippen molar-refractivity contribution in [2.24, 2.45) is 0 Å². The van der Waals surface area contributed by atoms with Crippen LogP contribution in [0.5, 0.6) is 11.5 Å². The van der Waals surface area contributed by atoms with Crippen LogP contribution in [0.4, 0.5) is 0 Å². The van der Waals surface area contributed by atoms with Crippen LogP contribution in [0.15, 0.2) is 24.3 Å². The van der Waals surface area contributed by atoms with E-state index in [-0.39, 0.29) is 19.8 Å². The Morgan fingerprint density at radius 3 is 2.67 bits per heavy atom. The number of fused-ring (bicyclic) bond motifs is 1. The van der Waals surface area contributed by atoms with E-state index in [1.807, 2.05) is 6.07 Å². The number of amides is 1. The zero-order chi connectivity index (χ0) is 13.0. The summed E-state index contributed by atoms with van der Waals surface area (Å²) in [5.74, 6) is 0.688. The smallest absolute Gasteiger partial charge is 0.265 e. The van der Waals surface area contributed by atoms with Crippen molar-refractivity contribution >= 4 is 5.91 Å². The lowest BCUT2D eigenvalue weighted by Gasteiger charge is -2.26. The molecule has 0 radical (unpaired) electrons. The van der Waals surface area contributed by atoms with Gasteiger partial charge in [0.2, 0.25) is 6.10 Å². The molecule has 1 aliphatic rings. The van der Waals surface area contributed by atoms with Crippen LogP contribution >= 0.6 is 0 Å². The van der Waals surface area contributed by atoms with E-state index < -0.39 is 18.1 Å². The zero-order valence-electron chi connectivity index (χ0n) is 9.70. The SMILES string of the molecule is O=C(NC(CO)CO)C1COc2ccccc2O1. The van der Waals surface area contributed by atoms with Gasteiger partial charge in [0.15, 0.2) is 11.5 Å². The van der Waals surface area contributed by atoms with Crippen molar-refractivity contribution < 1.29 is 24.5 Å². The molecule has 0 aliphatic carbocycles. The van der Waals surface area contributed by atoms with Gasteiger partial charge in [0, 0.05) is 0 Å². The second-order valence-corrected chi connectivity index (χ2v) is 3.93. The number of rotatable bonds is 4. The minimum Gasteiger partial charge on any atom is -0.485 e. The summed E-state index contributed by atoms with van der Waals surface area (Å²) in [5.41, 5.74) is 0. The molecule has 0 bridgehead atoms. The minimum atomic E-state index is -0.777. The Bertz CT molecular complexity index is 419. The molecule has 6 heteroatoms. The molecule has 2 rings (SSSR count). The third kappa shape index (κ3) is 2.72. The van der Waals surface area contributed by atoms with Gasteiger partial charge < -0.3 is 25.0 Å². The second kappa shape index (κ2) is 5.70. The average Bonchev–Trinajstić information content (AvgIpc) is 2.44. The Kier molecular flexibility index (Phi) is 4.01. The Hall–Kier alpha value is -1.79. The molecule has 6 nitrogen and oxygen atoms in total. The molecule has 18 heavy (non-hydrogen) atoms. The Morgan fingerprint density at radius 2 is 2.00 bits per heavy atom. The lowest BCUT2D eigenvalue weighted by atomic mass is 10.2. The molecule has 0 saturated carbocycles. The van der Waals surface area contributed by atoms with E-state index in [4.69, 9.17) is 19.7 Å². The summed E-state index contributed by atoms with van der Waals surface area (Å²) >= 11 is 0. The van der Waals surface area contributed by atoms with Crippen molar-refractivity contribution in [3.05, 3.63) is 24.3 Å². The quantitative estimate of drug-likeness (QED) is 0.660. The molecule has 0 aromatic heterocycles. The summed E-state index contributed by atoms with van der Waals surface area (Å²) in [5, 5.41) is 20.2. The number of carbonyl (C=O) groups is 1. The van der Waals surface area contributed by atoms with Crippen LogP contribution in [0.3, 0.4) is 0 Å². The maximum Gasteiger partial charge on any atom is 0.265 e. The van der Waals surface area contributed by atoms with E-state index in [9.17, 15) is 4.79 Å². The van der Waals surface area contributed by atoms with E-state index in [1.165, 1.54) is 0 Å². The molecule has 1 aromatic carbocycles. The molecule has 1 atom stereocenters. The van der Waals surface area contributed by atoms with Crippen LogP contribution in [0, 0.1) is 0 Å². The van der Waals surface area contributed by atoms with Gasteiger partial charge >= 0.3 is 0 Å². The Balaban J connectivity index is 1.98. The molecule has 1 aliphatic heterocycles. The summed E-state index contributed by atoms with van der Waals surface area (Å²) < 4.78 is 10.9. The van der Waals surface area contributed by atoms with Gasteiger partial charge in [0.1, 0.15) is 6.61 Å². The monoisotopic (exact) mass is 253 g/mol. The van der Waals surface area contributed by atoms with Gasteiger partial charge in [-0.1, -0.05) is 12.1 Å². The second-order valence-electron chi connectivity index (χ2n) is 3.93. The number of ether oxygens (including phenoxy) is 2. The van der Waals surface area contributed by atoms with Crippen LogP contribution in [0.25, 0.3) is 0 Å². The number of carbonyl (C=O) groups excluding carboxylic acids is 1. The fourth-order valence-electron chi connectivity index (χ4n) is 1.59. The number of benzene rings is 1. The molecule has 1 heterocycles. The molecular weight excluding hydrogens is 238 g/mol. The highest BCUT2D eigenvalue weighted by atomic mass is 16.6. The molecule has 1 aromatic rings. The molecule has 1 unspecified atom stereocenters. The number of aliphatic hydroxyl groups excluding tert-OH is 2. The molecular formula is C12H15NO5. The molecule has 1 amide bonds. The maximum atomic E-state index is 11.8. The molecule has 3 N–H and O–H groups in total. The van der Waals surface area contributed by atoms with Crippen molar-refractivity contribution in [1.29, 1.82) is 0 Å². The maximum absolute atomic E-state index is 11.8. The van der Waals surface area contributed by atoms with Gasteiger partial charge in [-0.2, -0.15) is 0 Å². The van der Waals surface area contributed by atoms with Crippen LogP contribution in [0.1, 0.15) is 0 Å². The third-order valence-electron chi connectivity index (χ3n) is 2.59. The number of nitrogens with one attached hydrogen (secondary N) is 1. The number of hydrogen-bond acceptors (Lipinski definition) is 5. The van der Waals surface area contributed by atoms with E-state index in [2.05, 4.69) is 5.32 Å². The van der Waals surface area contributed by atoms with Gasteiger partial charge in [0.25, 0.3) is 5.91 Å². The van der Waals surface area contributed by atoms with Crippen LogP contribution in [-0.4, -0.2) is 48.1 Å². The van der Waals surface area contributed by atoms with Gasteiger partial charge in [0.05, 0.1) is 19.3 Å². The Morgan fingerprint density at radius 1 is 1.33 bits per heavy atom. The van der Waals surface area contributed by atoms with Crippen molar-refractivity contribution in [1.82, 2.24) is 5.32 Å². The fraction of sp³-hybridized carbons (Fsp3) is 0.417. The molecule has 0 saturated heterocycles. The van der Waals surface area contributed by atoms with Crippen molar-refractivity contribution in [3.8, 4) is 11.5 Å². The van der Waals surface area contributed by atoms with E-state index in [0.29, 0.717) is 11.5 Å². The molecule has 98 valence electrons. The summed E-state index contributed by atoms with van der Waals surface area (Å²) in [6.07, 6.45) is -0.777. The summed E-state index contributed by atoms with van der Waals surface area (Å²) in [6, 6.07) is 6.39. The highest BCUT2D eigenvalue weighted by molar-refractivity contribution is 5.82. The van der Waals surface area contributed by atoms with Crippen molar-refractivity contribution in [2.45, 2.75) is 12.1 Å². The van der Waals surface area contributed by atoms with Crippen LogP contribution in [0.2, 0.25) is 0 Å². The first-order valence-electron chi connectivity index (χ1n) is 5.65. The number of aliphatic hydroxyl groups is 2. The molecule has 0 fully saturated rings. The van der Waals surface area contributed by atoms with Gasteiger partial charge in [-0.15, -0.1) is 0 Å². The number of para-hydroxylation sites is 2. The van der Waals surface area contributed by atoms with Crippen LogP contribution < -0.4 is 14.8 Å². The van der Waals surface area contributed by atoms with Gasteiger partial charge in [-0.3, -0.25) is 4.79 Å². The van der Waals surface area contributed by atoms with E-state index in [1.54, 1.807) is 18.2 Å². The highest BCUT2D eigenvalue weighted by Crippen LogP contribution is 2.30. The fourth-order valence-corrected chi connectivity index (χ4v) is 1.59. The standard InChI is InChI=1S/C12H15NO5/c14-5-8(6-15)13-12(16)11-7-17-9-3-1-2-4-10(9)18-11/h1-4,8,11,14-15H,5-7H2,(H,13,16). The summed E-state index contributed by atoms with van der Waals surface area (Å²) in [7, 11) is 0. The summed E-state index contributed by atoms with van der Waals surface area (Å²) in [4.78, 5) is 11.8. The lowest BCUT2D eigenvalue weighted by molar-refractivity contribution is -0.131. The van der Waals surface area contributed by atoms with E-state index in [0.717, 1.165) is 0 Å². The first kappa shape index (κ1) is 12.7. The largest absolute Gasteiger partial charge is 0.485 e. The summed E-state index contributed by atoms with van der Waals surface area (Å²) in [6.45, 7) is -0.550. The third-order valence-corrected chi connectivity index (χ3v) is 2.59. The van der Waals surface area contributed by atoms with E-state index >= 15 is 0 Å². The van der Waals surface area contributed by atoms with Gasteiger partial charge in [-0.05, 0) is 12.1 Å². The number of hydrogen-bond donors (Lipinski definition) is 3. The predicted molar refractivity (Wildman–Crippen MR) is 62.5 cm³/mol. The molecule has 0 spiro atoms. The predicted octanol–water partition coefficient (Wildman–Crippen LogP) is -0.704.